The first-order valence-corrected chi connectivity index (χ1v) is 5.17. The monoisotopic (exact) mass is 238 g/mol. The lowest BCUT2D eigenvalue weighted by molar-refractivity contribution is -0.129. The SMILES string of the molecule is CCN(CC#N)C(=O)Cc1ccc(F)cc1F. The van der Waals surface area contributed by atoms with E-state index in [1.165, 1.54) is 11.0 Å². The highest BCUT2D eigenvalue weighted by Crippen LogP contribution is 2.11. The van der Waals surface area contributed by atoms with E-state index >= 15 is 0 Å². The van der Waals surface area contributed by atoms with Gasteiger partial charge in [-0.25, -0.2) is 8.78 Å². The van der Waals surface area contributed by atoms with Gasteiger partial charge in [-0.05, 0) is 18.6 Å². The molecule has 0 spiro atoms. The summed E-state index contributed by atoms with van der Waals surface area (Å²) in [5.74, 6) is -1.77. The molecule has 0 aliphatic carbocycles. The quantitative estimate of drug-likeness (QED) is 0.752. The van der Waals surface area contributed by atoms with E-state index in [1.807, 2.05) is 6.07 Å². The molecule has 1 aromatic carbocycles. The number of rotatable bonds is 4. The fraction of sp³-hybridized carbons (Fsp3) is 0.333. The van der Waals surface area contributed by atoms with Crippen molar-refractivity contribution < 1.29 is 13.6 Å². The number of carbonyl (C=O) groups excluding carboxylic acids is 1. The molecule has 0 saturated carbocycles. The summed E-state index contributed by atoms with van der Waals surface area (Å²) in [5, 5.41) is 8.51. The second kappa shape index (κ2) is 5.94. The lowest BCUT2D eigenvalue weighted by atomic mass is 10.1. The van der Waals surface area contributed by atoms with E-state index in [4.69, 9.17) is 5.26 Å². The molecule has 17 heavy (non-hydrogen) atoms. The van der Waals surface area contributed by atoms with Gasteiger partial charge in [-0.1, -0.05) is 6.07 Å². The molecule has 1 aromatic rings. The lowest BCUT2D eigenvalue weighted by Gasteiger charge is -2.17. The molecule has 0 aromatic heterocycles. The van der Waals surface area contributed by atoms with Crippen LogP contribution in [0.4, 0.5) is 8.78 Å². The van der Waals surface area contributed by atoms with Crippen molar-refractivity contribution in [2.75, 3.05) is 13.1 Å². The summed E-state index contributed by atoms with van der Waals surface area (Å²) < 4.78 is 25.9. The van der Waals surface area contributed by atoms with Crippen molar-refractivity contribution >= 4 is 5.91 Å². The average Bonchev–Trinajstić information content (AvgIpc) is 2.29. The van der Waals surface area contributed by atoms with Gasteiger partial charge in [0.15, 0.2) is 0 Å². The van der Waals surface area contributed by atoms with Gasteiger partial charge in [0.2, 0.25) is 5.91 Å². The van der Waals surface area contributed by atoms with Crippen LogP contribution < -0.4 is 0 Å². The van der Waals surface area contributed by atoms with Crippen LogP contribution in [0, 0.1) is 23.0 Å². The third-order valence-electron chi connectivity index (χ3n) is 2.35. The predicted octanol–water partition coefficient (Wildman–Crippen LogP) is 1.88. The Labute approximate surface area is 98.3 Å². The zero-order chi connectivity index (χ0) is 12.8. The van der Waals surface area contributed by atoms with Crippen molar-refractivity contribution in [3.05, 3.63) is 35.4 Å². The number of hydrogen-bond donors (Lipinski definition) is 0. The number of amides is 1. The third kappa shape index (κ3) is 3.52. The van der Waals surface area contributed by atoms with Gasteiger partial charge in [-0.2, -0.15) is 5.26 Å². The highest BCUT2D eigenvalue weighted by Gasteiger charge is 2.14. The van der Waals surface area contributed by atoms with Gasteiger partial charge < -0.3 is 4.90 Å². The molecule has 0 N–H and O–H groups in total. The number of carbonyl (C=O) groups is 1. The zero-order valence-electron chi connectivity index (χ0n) is 9.41. The summed E-state index contributed by atoms with van der Waals surface area (Å²) in [6.45, 7) is 2.09. The van der Waals surface area contributed by atoms with Gasteiger partial charge in [-0.3, -0.25) is 4.79 Å². The molecule has 0 bridgehead atoms. The summed E-state index contributed by atoms with van der Waals surface area (Å²) in [4.78, 5) is 13.0. The lowest BCUT2D eigenvalue weighted by Crippen LogP contribution is -2.32. The fourth-order valence-corrected chi connectivity index (χ4v) is 1.40. The Morgan fingerprint density at radius 3 is 2.71 bits per heavy atom. The van der Waals surface area contributed by atoms with Crippen molar-refractivity contribution in [3.63, 3.8) is 0 Å². The second-order valence-electron chi connectivity index (χ2n) is 3.48. The normalized spacial score (nSPS) is 9.76. The van der Waals surface area contributed by atoms with E-state index in [0.717, 1.165) is 12.1 Å². The van der Waals surface area contributed by atoms with Gasteiger partial charge in [0.1, 0.15) is 18.2 Å². The predicted molar refractivity (Wildman–Crippen MR) is 57.9 cm³/mol. The van der Waals surface area contributed by atoms with Crippen LogP contribution in [0.2, 0.25) is 0 Å². The molecule has 0 aliphatic heterocycles. The highest BCUT2D eigenvalue weighted by atomic mass is 19.1. The van der Waals surface area contributed by atoms with Crippen LogP contribution in [-0.2, 0) is 11.2 Å². The Morgan fingerprint density at radius 1 is 1.47 bits per heavy atom. The van der Waals surface area contributed by atoms with Crippen LogP contribution in [0.15, 0.2) is 18.2 Å². The number of likely N-dealkylation sites (N-methyl/N-ethyl adjacent to an activating group) is 1. The van der Waals surface area contributed by atoms with E-state index in [0.29, 0.717) is 6.54 Å². The van der Waals surface area contributed by atoms with E-state index < -0.39 is 11.6 Å². The fourth-order valence-electron chi connectivity index (χ4n) is 1.40. The molecule has 0 unspecified atom stereocenters. The van der Waals surface area contributed by atoms with Crippen molar-refractivity contribution in [2.45, 2.75) is 13.3 Å². The molecule has 3 nitrogen and oxygen atoms in total. The molecule has 0 fully saturated rings. The number of halogens is 2. The number of benzene rings is 1. The molecule has 1 amide bonds. The largest absolute Gasteiger partial charge is 0.329 e. The van der Waals surface area contributed by atoms with Crippen molar-refractivity contribution in [2.24, 2.45) is 0 Å². The summed E-state index contributed by atoms with van der Waals surface area (Å²) in [6.07, 6.45) is -0.165. The van der Waals surface area contributed by atoms with E-state index in [2.05, 4.69) is 0 Å². The van der Waals surface area contributed by atoms with E-state index in [9.17, 15) is 13.6 Å². The third-order valence-corrected chi connectivity index (χ3v) is 2.35. The summed E-state index contributed by atoms with van der Waals surface area (Å²) in [5.41, 5.74) is 0.132. The highest BCUT2D eigenvalue weighted by molar-refractivity contribution is 5.79. The Bertz CT molecular complexity index is 454. The van der Waals surface area contributed by atoms with E-state index in [1.54, 1.807) is 6.92 Å². The first-order valence-electron chi connectivity index (χ1n) is 5.17. The zero-order valence-corrected chi connectivity index (χ0v) is 9.41. The Kier molecular flexibility index (Phi) is 4.58. The summed E-state index contributed by atoms with van der Waals surface area (Å²) >= 11 is 0. The standard InChI is InChI=1S/C12H12F2N2O/c1-2-16(6-5-15)12(17)7-9-3-4-10(13)8-11(9)14/h3-4,8H,2,6-7H2,1H3. The Balaban J connectivity index is 2.77. The molecular weight excluding hydrogens is 226 g/mol. The van der Waals surface area contributed by atoms with Gasteiger partial charge in [0.25, 0.3) is 0 Å². The van der Waals surface area contributed by atoms with Crippen molar-refractivity contribution in [1.29, 1.82) is 5.26 Å². The van der Waals surface area contributed by atoms with Crippen LogP contribution in [-0.4, -0.2) is 23.9 Å². The van der Waals surface area contributed by atoms with Crippen molar-refractivity contribution in [3.8, 4) is 6.07 Å². The first-order chi connectivity index (χ1) is 8.08. The van der Waals surface area contributed by atoms with Crippen LogP contribution >= 0.6 is 0 Å². The van der Waals surface area contributed by atoms with Crippen molar-refractivity contribution in [1.82, 2.24) is 4.90 Å². The molecule has 5 heteroatoms. The minimum absolute atomic E-state index is 0.0296. The van der Waals surface area contributed by atoms with Gasteiger partial charge in [-0.15, -0.1) is 0 Å². The number of hydrogen-bond acceptors (Lipinski definition) is 2. The summed E-state index contributed by atoms with van der Waals surface area (Å²) in [6, 6.07) is 4.94. The van der Waals surface area contributed by atoms with Crippen LogP contribution in [0.5, 0.6) is 0 Å². The maximum atomic E-state index is 13.3. The second-order valence-corrected chi connectivity index (χ2v) is 3.48. The van der Waals surface area contributed by atoms with Gasteiger partial charge >= 0.3 is 0 Å². The first kappa shape index (κ1) is 13.1. The number of nitrogens with zero attached hydrogens (tertiary/aromatic N) is 2. The maximum absolute atomic E-state index is 13.3. The molecule has 0 atom stereocenters. The molecule has 90 valence electrons. The molecule has 0 radical (unpaired) electrons. The van der Waals surface area contributed by atoms with E-state index in [-0.39, 0.29) is 24.4 Å². The van der Waals surface area contributed by atoms with Crippen LogP contribution in [0.3, 0.4) is 0 Å². The van der Waals surface area contributed by atoms with Gasteiger partial charge in [0.05, 0.1) is 12.5 Å². The molecule has 1 rings (SSSR count). The molecule has 0 heterocycles. The smallest absolute Gasteiger partial charge is 0.227 e. The van der Waals surface area contributed by atoms with Crippen LogP contribution in [0.1, 0.15) is 12.5 Å². The minimum atomic E-state index is -0.744. The number of nitriles is 1. The topological polar surface area (TPSA) is 44.1 Å². The molecule has 0 saturated heterocycles. The summed E-state index contributed by atoms with van der Waals surface area (Å²) in [7, 11) is 0. The molecule has 0 aliphatic rings. The Morgan fingerprint density at radius 2 is 2.18 bits per heavy atom. The minimum Gasteiger partial charge on any atom is -0.329 e. The van der Waals surface area contributed by atoms with Crippen LogP contribution in [0.25, 0.3) is 0 Å². The molecular formula is C12H12F2N2O. The van der Waals surface area contributed by atoms with Gasteiger partial charge in [0, 0.05) is 12.6 Å². The maximum Gasteiger partial charge on any atom is 0.227 e. The average molecular weight is 238 g/mol. The Hall–Kier alpha value is -1.96.